The third kappa shape index (κ3) is 6.73. The number of rotatable bonds is 4. The minimum absolute atomic E-state index is 0.0519. The highest BCUT2D eigenvalue weighted by molar-refractivity contribution is 6.32. The SMILES string of the molecule is CC1(C)CC(C)(C)C1NC(=O)c1ccc(N2CC3(CCC(N4CCC(O)CC4)CC3)C2)cc1.Cc1c(O)ccc(C#N)c1Cl. The second kappa shape index (κ2) is 12.5. The summed E-state index contributed by atoms with van der Waals surface area (Å²) in [4.78, 5) is 18.0. The summed E-state index contributed by atoms with van der Waals surface area (Å²) in [7, 11) is 0. The maximum absolute atomic E-state index is 12.9. The fourth-order valence-electron chi connectivity index (χ4n) is 8.59. The largest absolute Gasteiger partial charge is 0.508 e. The third-order valence-corrected chi connectivity index (χ3v) is 11.3. The highest BCUT2D eigenvalue weighted by Crippen LogP contribution is 2.53. The number of likely N-dealkylation sites (tertiary alicyclic amines) is 1. The molecule has 2 aromatic carbocycles. The Labute approximate surface area is 268 Å². The fourth-order valence-corrected chi connectivity index (χ4v) is 8.79. The van der Waals surface area contributed by atoms with E-state index in [0.29, 0.717) is 21.6 Å². The number of hydrogen-bond donors (Lipinski definition) is 3. The summed E-state index contributed by atoms with van der Waals surface area (Å²) in [6.07, 6.45) is 8.20. The minimum atomic E-state index is -0.0780. The number of aliphatic hydroxyl groups excluding tert-OH is 1. The van der Waals surface area contributed by atoms with E-state index in [0.717, 1.165) is 57.0 Å². The summed E-state index contributed by atoms with van der Waals surface area (Å²) in [6, 6.07) is 14.1. The Morgan fingerprint density at radius 1 is 0.977 bits per heavy atom. The average Bonchev–Trinajstić information content (AvgIpc) is 2.98. The van der Waals surface area contributed by atoms with Gasteiger partial charge in [-0.3, -0.25) is 4.79 Å². The van der Waals surface area contributed by atoms with Crippen molar-refractivity contribution < 1.29 is 15.0 Å². The maximum atomic E-state index is 12.9. The molecule has 2 heterocycles. The molecule has 4 aliphatic rings. The normalized spacial score (nSPS) is 23.1. The van der Waals surface area contributed by atoms with Gasteiger partial charge < -0.3 is 25.3 Å². The molecule has 2 saturated heterocycles. The molecular weight excluding hydrogens is 572 g/mol. The molecule has 8 heteroatoms. The third-order valence-electron chi connectivity index (χ3n) is 10.8. The number of phenols is 1. The summed E-state index contributed by atoms with van der Waals surface area (Å²) >= 11 is 5.72. The number of anilines is 1. The molecule has 4 fully saturated rings. The van der Waals surface area contributed by atoms with E-state index in [1.165, 1.54) is 43.5 Å². The van der Waals surface area contributed by atoms with Gasteiger partial charge in [-0.25, -0.2) is 0 Å². The van der Waals surface area contributed by atoms with Crippen molar-refractivity contribution in [2.45, 2.75) is 97.8 Å². The van der Waals surface area contributed by atoms with Gasteiger partial charge in [0.1, 0.15) is 11.8 Å². The highest BCUT2D eigenvalue weighted by atomic mass is 35.5. The number of halogens is 1. The topological polar surface area (TPSA) is 99.8 Å². The van der Waals surface area contributed by atoms with E-state index in [-0.39, 0.29) is 34.6 Å². The Hall–Kier alpha value is -2.79. The predicted molar refractivity (Wildman–Crippen MR) is 176 cm³/mol. The van der Waals surface area contributed by atoms with Crippen LogP contribution < -0.4 is 10.2 Å². The number of nitriles is 1. The van der Waals surface area contributed by atoms with Gasteiger partial charge in [-0.15, -0.1) is 0 Å². The van der Waals surface area contributed by atoms with Crippen LogP contribution in [0.25, 0.3) is 0 Å². The van der Waals surface area contributed by atoms with Crippen molar-refractivity contribution in [2.24, 2.45) is 16.2 Å². The van der Waals surface area contributed by atoms with E-state index in [2.05, 4.69) is 54.9 Å². The quantitative estimate of drug-likeness (QED) is 0.353. The van der Waals surface area contributed by atoms with Crippen molar-refractivity contribution in [1.29, 1.82) is 5.26 Å². The van der Waals surface area contributed by atoms with Crippen LogP contribution in [0.15, 0.2) is 36.4 Å². The van der Waals surface area contributed by atoms with Crippen LogP contribution in [0.2, 0.25) is 5.02 Å². The lowest BCUT2D eigenvalue weighted by molar-refractivity contribution is -0.0366. The zero-order chi connectivity index (χ0) is 31.9. The first-order chi connectivity index (χ1) is 20.7. The summed E-state index contributed by atoms with van der Waals surface area (Å²) in [5.41, 5.74) is 3.77. The lowest BCUT2D eigenvalue weighted by Crippen LogP contribution is -2.63. The molecule has 1 spiro atoms. The number of nitrogens with zero attached hydrogens (tertiary/aromatic N) is 3. The van der Waals surface area contributed by atoms with Crippen molar-refractivity contribution in [1.82, 2.24) is 10.2 Å². The summed E-state index contributed by atoms with van der Waals surface area (Å²) in [5.74, 6) is 0.171. The van der Waals surface area contributed by atoms with Gasteiger partial charge >= 0.3 is 0 Å². The molecule has 0 aromatic heterocycles. The number of nitrogens with one attached hydrogen (secondary N) is 1. The van der Waals surface area contributed by atoms with Crippen LogP contribution >= 0.6 is 11.6 Å². The molecule has 0 radical (unpaired) electrons. The summed E-state index contributed by atoms with van der Waals surface area (Å²) in [5, 5.41) is 31.0. The lowest BCUT2D eigenvalue weighted by atomic mass is 9.52. The monoisotopic (exact) mass is 620 g/mol. The number of aliphatic hydroxyl groups is 1. The summed E-state index contributed by atoms with van der Waals surface area (Å²) < 4.78 is 0. The number of amides is 1. The molecule has 2 aromatic rings. The van der Waals surface area contributed by atoms with Gasteiger partial charge in [-0.1, -0.05) is 39.3 Å². The van der Waals surface area contributed by atoms with Crippen molar-refractivity contribution in [3.8, 4) is 11.8 Å². The van der Waals surface area contributed by atoms with E-state index < -0.39 is 0 Å². The molecule has 6 rings (SSSR count). The second-order valence-corrected chi connectivity index (χ2v) is 15.5. The van der Waals surface area contributed by atoms with Gasteiger partial charge in [0, 0.05) is 60.5 Å². The Kier molecular flexibility index (Phi) is 9.29. The first-order valence-electron chi connectivity index (χ1n) is 16.2. The van der Waals surface area contributed by atoms with Crippen LogP contribution in [0, 0.1) is 34.5 Å². The molecule has 7 nitrogen and oxygen atoms in total. The van der Waals surface area contributed by atoms with Crippen LogP contribution in [-0.2, 0) is 0 Å². The molecule has 1 amide bonds. The molecule has 2 aliphatic carbocycles. The van der Waals surface area contributed by atoms with Crippen molar-refractivity contribution >= 4 is 23.2 Å². The van der Waals surface area contributed by atoms with Crippen LogP contribution in [0.5, 0.6) is 5.75 Å². The molecule has 238 valence electrons. The second-order valence-electron chi connectivity index (χ2n) is 15.1. The van der Waals surface area contributed by atoms with E-state index in [1.54, 1.807) is 6.92 Å². The molecule has 3 N–H and O–H groups in total. The number of hydrogen-bond acceptors (Lipinski definition) is 6. The van der Waals surface area contributed by atoms with Crippen LogP contribution in [0.3, 0.4) is 0 Å². The fraction of sp³-hybridized carbons (Fsp3) is 0.611. The molecule has 44 heavy (non-hydrogen) atoms. The number of carbonyl (C=O) groups excluding carboxylic acids is 1. The molecule has 2 aliphatic heterocycles. The first-order valence-corrected chi connectivity index (χ1v) is 16.6. The van der Waals surface area contributed by atoms with E-state index in [9.17, 15) is 9.90 Å². The zero-order valence-electron chi connectivity index (χ0n) is 27.0. The van der Waals surface area contributed by atoms with Crippen LogP contribution in [0.4, 0.5) is 5.69 Å². The van der Waals surface area contributed by atoms with Gasteiger partial charge in [-0.05, 0) is 99.1 Å². The number of carbonyl (C=O) groups is 1. The number of benzene rings is 2. The van der Waals surface area contributed by atoms with Gasteiger partial charge in [0.25, 0.3) is 5.91 Å². The Morgan fingerprint density at radius 2 is 1.57 bits per heavy atom. The Morgan fingerprint density at radius 3 is 2.11 bits per heavy atom. The van der Waals surface area contributed by atoms with Crippen molar-refractivity contribution in [3.63, 3.8) is 0 Å². The average molecular weight is 621 g/mol. The first kappa shape index (κ1) is 32.6. The number of piperidine rings is 1. The van der Waals surface area contributed by atoms with E-state index in [1.807, 2.05) is 18.2 Å². The van der Waals surface area contributed by atoms with Gasteiger partial charge in [0.05, 0.1) is 16.7 Å². The molecule has 0 atom stereocenters. The molecule has 2 saturated carbocycles. The van der Waals surface area contributed by atoms with Crippen LogP contribution in [0.1, 0.15) is 94.1 Å². The van der Waals surface area contributed by atoms with Crippen molar-refractivity contribution in [2.75, 3.05) is 31.1 Å². The van der Waals surface area contributed by atoms with E-state index >= 15 is 0 Å². The summed E-state index contributed by atoms with van der Waals surface area (Å²) in [6.45, 7) is 15.1. The van der Waals surface area contributed by atoms with Crippen LogP contribution in [-0.4, -0.2) is 65.4 Å². The smallest absolute Gasteiger partial charge is 0.251 e. The van der Waals surface area contributed by atoms with E-state index in [4.69, 9.17) is 22.0 Å². The Balaban J connectivity index is 0.000000296. The van der Waals surface area contributed by atoms with Crippen molar-refractivity contribution in [3.05, 3.63) is 58.1 Å². The highest BCUT2D eigenvalue weighted by Gasteiger charge is 2.53. The predicted octanol–water partition coefficient (Wildman–Crippen LogP) is 6.67. The standard InChI is InChI=1S/C28H43N3O2.C8H6ClNO/c1-26(2)17-27(3,4)25(26)29-24(33)20-5-7-21(8-6-20)31-18-28(19-31)13-9-22(10-14-28)30-15-11-23(32)12-16-30;1-5-7(11)3-2-6(4-10)8(5)9/h5-8,22-23,25,32H,9-19H2,1-4H3,(H,29,33);2-3,11H,1H3. The van der Waals surface area contributed by atoms with Gasteiger partial charge in [-0.2, -0.15) is 5.26 Å². The molecule has 0 bridgehead atoms. The number of phenolic OH excluding ortho intramolecular Hbond substituents is 1. The maximum Gasteiger partial charge on any atom is 0.251 e. The lowest BCUT2D eigenvalue weighted by Gasteiger charge is -2.57. The Bertz CT molecular complexity index is 1360. The zero-order valence-corrected chi connectivity index (χ0v) is 27.8. The molecule has 0 unspecified atom stereocenters. The molecular formula is C36H49ClN4O3. The van der Waals surface area contributed by atoms with Gasteiger partial charge in [0.15, 0.2) is 0 Å². The number of aromatic hydroxyl groups is 1. The van der Waals surface area contributed by atoms with Gasteiger partial charge in [0.2, 0.25) is 0 Å². The minimum Gasteiger partial charge on any atom is -0.508 e.